The number of hydrogen-bond acceptors (Lipinski definition) is 7. The summed E-state index contributed by atoms with van der Waals surface area (Å²) in [5.74, 6) is 2.72. The molecule has 1 aromatic heterocycles. The number of benzene rings is 1. The third-order valence-electron chi connectivity index (χ3n) is 11.8. The zero-order valence-electron chi connectivity index (χ0n) is 22.5. The molecular weight excluding hydrogens is 490 g/mol. The first-order valence-corrected chi connectivity index (χ1v) is 15.2. The van der Waals surface area contributed by atoms with E-state index >= 15 is 0 Å². The van der Waals surface area contributed by atoms with Crippen LogP contribution in [-0.2, 0) is 16.6 Å². The van der Waals surface area contributed by atoms with Crippen molar-refractivity contribution in [3.63, 3.8) is 0 Å². The van der Waals surface area contributed by atoms with E-state index in [1.54, 1.807) is 12.4 Å². The van der Waals surface area contributed by atoms with Gasteiger partial charge >= 0.3 is 0 Å². The molecule has 3 aliphatic carbocycles. The van der Waals surface area contributed by atoms with Gasteiger partial charge in [0.15, 0.2) is 11.5 Å². The van der Waals surface area contributed by atoms with E-state index in [1.165, 1.54) is 30.5 Å². The molecule has 2 aromatic rings. The molecule has 6 atom stereocenters. The van der Waals surface area contributed by atoms with Crippen LogP contribution in [0.1, 0.15) is 62.5 Å². The van der Waals surface area contributed by atoms with E-state index in [1.807, 2.05) is 12.1 Å². The summed E-state index contributed by atoms with van der Waals surface area (Å²) in [7, 11) is 0. The largest absolute Gasteiger partial charge is 0.504 e. The second-order valence-corrected chi connectivity index (χ2v) is 13.3. The monoisotopic (exact) mass is 527 g/mol. The van der Waals surface area contributed by atoms with Gasteiger partial charge in [-0.2, -0.15) is 0 Å². The van der Waals surface area contributed by atoms with Crippen molar-refractivity contribution >= 4 is 11.9 Å². The van der Waals surface area contributed by atoms with Gasteiger partial charge in [-0.05, 0) is 87.9 Å². The molecule has 6 heterocycles. The van der Waals surface area contributed by atoms with Gasteiger partial charge in [-0.1, -0.05) is 6.07 Å². The number of aromatic nitrogens is 2. The van der Waals surface area contributed by atoms with Gasteiger partial charge in [0.25, 0.3) is 0 Å². The van der Waals surface area contributed by atoms with Gasteiger partial charge in [-0.25, -0.2) is 9.97 Å². The number of ether oxygens (including phenoxy) is 1. The number of fused-ring (bicyclic) bond motifs is 3. The number of nitrogens with zero attached hydrogens (tertiary/aromatic N) is 5. The normalized spacial score (nSPS) is 37.9. The first kappa shape index (κ1) is 22.9. The predicted octanol–water partition coefficient (Wildman–Crippen LogP) is 3.27. The van der Waals surface area contributed by atoms with Gasteiger partial charge in [0, 0.05) is 54.5 Å². The summed E-state index contributed by atoms with van der Waals surface area (Å²) in [6.07, 6.45) is 13.2. The lowest BCUT2D eigenvalue weighted by molar-refractivity contribution is -0.145. The topological polar surface area (TPSA) is 82.0 Å². The highest BCUT2D eigenvalue weighted by Gasteiger charge is 2.74. The Morgan fingerprint density at radius 3 is 2.77 bits per heavy atom. The Kier molecular flexibility index (Phi) is 4.62. The molecule has 0 radical (unpaired) electrons. The molecule has 0 unspecified atom stereocenters. The molecule has 204 valence electrons. The van der Waals surface area contributed by atoms with Crippen molar-refractivity contribution in [3.05, 3.63) is 41.7 Å². The lowest BCUT2D eigenvalue weighted by Gasteiger charge is -2.66. The maximum absolute atomic E-state index is 14.5. The van der Waals surface area contributed by atoms with Crippen molar-refractivity contribution in [1.29, 1.82) is 0 Å². The number of carbonyl (C=O) groups is 1. The van der Waals surface area contributed by atoms with Crippen molar-refractivity contribution in [2.75, 3.05) is 31.1 Å². The van der Waals surface area contributed by atoms with Gasteiger partial charge in [0.2, 0.25) is 11.9 Å². The van der Waals surface area contributed by atoms with E-state index in [4.69, 9.17) is 4.74 Å². The number of hydrogen-bond donors (Lipinski definition) is 1. The van der Waals surface area contributed by atoms with Gasteiger partial charge in [0.05, 0.1) is 6.04 Å². The lowest BCUT2D eigenvalue weighted by Crippen LogP contribution is -2.73. The predicted molar refractivity (Wildman–Crippen MR) is 145 cm³/mol. The van der Waals surface area contributed by atoms with Crippen LogP contribution in [0.4, 0.5) is 5.95 Å². The number of aromatic hydroxyl groups is 1. The number of anilines is 1. The van der Waals surface area contributed by atoms with Gasteiger partial charge in [-0.3, -0.25) is 9.69 Å². The number of likely N-dealkylation sites (tertiary alicyclic amines) is 1. The molecule has 8 heteroatoms. The number of phenolic OH excluding ortho intramolecular Hbond substituents is 1. The Labute approximate surface area is 229 Å². The molecule has 2 spiro atoms. The Bertz CT molecular complexity index is 1350. The van der Waals surface area contributed by atoms with Crippen LogP contribution in [0.5, 0.6) is 11.5 Å². The van der Waals surface area contributed by atoms with Crippen LogP contribution < -0.4 is 9.64 Å². The molecule has 10 rings (SSSR count). The average molecular weight is 528 g/mol. The first-order valence-electron chi connectivity index (χ1n) is 15.2. The number of rotatable bonds is 4. The van der Waals surface area contributed by atoms with E-state index < -0.39 is 0 Å². The first-order chi connectivity index (χ1) is 19.1. The van der Waals surface area contributed by atoms with E-state index in [0.29, 0.717) is 12.0 Å². The summed E-state index contributed by atoms with van der Waals surface area (Å²) in [6.45, 7) is 3.92. The molecular formula is C31H37N5O3. The number of phenols is 1. The van der Waals surface area contributed by atoms with Crippen LogP contribution >= 0.6 is 0 Å². The highest BCUT2D eigenvalue weighted by molar-refractivity contribution is 5.86. The molecule has 5 aliphatic heterocycles. The van der Waals surface area contributed by atoms with Crippen LogP contribution in [0.15, 0.2) is 30.6 Å². The number of amides is 1. The van der Waals surface area contributed by atoms with E-state index in [9.17, 15) is 9.90 Å². The Morgan fingerprint density at radius 2 is 1.92 bits per heavy atom. The van der Waals surface area contributed by atoms with Gasteiger partial charge < -0.3 is 19.6 Å². The van der Waals surface area contributed by atoms with Crippen LogP contribution in [0.2, 0.25) is 0 Å². The average Bonchev–Trinajstić information content (AvgIpc) is 3.59. The molecule has 1 N–H and O–H groups in total. The zero-order chi connectivity index (χ0) is 25.9. The molecule has 4 saturated heterocycles. The quantitative estimate of drug-likeness (QED) is 0.654. The molecule has 8 nitrogen and oxygen atoms in total. The van der Waals surface area contributed by atoms with Crippen LogP contribution in [0, 0.1) is 11.3 Å². The van der Waals surface area contributed by atoms with Gasteiger partial charge in [-0.15, -0.1) is 0 Å². The molecule has 8 aliphatic rings. The SMILES string of the molecule is O=C([C@H]1CCCN1c1ncccn1)N1CC[C@@]23CC[C@H]1[C@@H]1Oc4c(O)ccc5c4[C@@]12CCN(CC1CC1)[C@@H]3C5. The smallest absolute Gasteiger partial charge is 0.245 e. The fourth-order valence-corrected chi connectivity index (χ4v) is 10.2. The second kappa shape index (κ2) is 7.87. The fourth-order valence-electron chi connectivity index (χ4n) is 10.2. The summed E-state index contributed by atoms with van der Waals surface area (Å²) in [5, 5.41) is 11.0. The fraction of sp³-hybridized carbons (Fsp3) is 0.645. The Morgan fingerprint density at radius 1 is 1.05 bits per heavy atom. The maximum atomic E-state index is 14.5. The van der Waals surface area contributed by atoms with Crippen molar-refractivity contribution in [2.24, 2.45) is 11.3 Å². The van der Waals surface area contributed by atoms with E-state index in [-0.39, 0.29) is 40.7 Å². The highest BCUT2D eigenvalue weighted by Crippen LogP contribution is 2.71. The van der Waals surface area contributed by atoms with Crippen LogP contribution in [-0.4, -0.2) is 81.2 Å². The second-order valence-electron chi connectivity index (χ2n) is 13.3. The minimum absolute atomic E-state index is 0.0284. The number of carbonyl (C=O) groups excluding carboxylic acids is 1. The highest BCUT2D eigenvalue weighted by atomic mass is 16.5. The number of piperidine rings is 1. The van der Waals surface area contributed by atoms with Crippen LogP contribution in [0.25, 0.3) is 0 Å². The summed E-state index contributed by atoms with van der Waals surface area (Å²) in [5.41, 5.74) is 2.64. The minimum Gasteiger partial charge on any atom is -0.504 e. The summed E-state index contributed by atoms with van der Waals surface area (Å²) >= 11 is 0. The Balaban J connectivity index is 1.14. The summed E-state index contributed by atoms with van der Waals surface area (Å²) < 4.78 is 6.90. The van der Waals surface area contributed by atoms with Crippen LogP contribution in [0.3, 0.4) is 0 Å². The van der Waals surface area contributed by atoms with Gasteiger partial charge in [0.1, 0.15) is 12.1 Å². The van der Waals surface area contributed by atoms with Crippen molar-refractivity contribution in [1.82, 2.24) is 19.8 Å². The molecule has 1 aromatic carbocycles. The standard InChI is InChI=1S/C31H37N5O3/c37-23-7-6-20-17-24-30-9-8-21(27-31(30,25(20)26(23)39-27)11-15-34(24)18-19-4-5-19)35(16-10-30)28(38)22-3-1-14-36(22)29-32-12-2-13-33-29/h2,6-7,12-13,19,21-22,24,27,37H,1,3-5,8-11,14-18H2/t21-,22+,24+,27-,30+,31-/m0/s1. The zero-order valence-corrected chi connectivity index (χ0v) is 22.5. The lowest BCUT2D eigenvalue weighted by atomic mass is 9.42. The Hall–Kier alpha value is -2.87. The van der Waals surface area contributed by atoms with E-state index in [2.05, 4.69) is 30.7 Å². The van der Waals surface area contributed by atoms with Crippen molar-refractivity contribution in [2.45, 2.75) is 87.4 Å². The van der Waals surface area contributed by atoms with E-state index in [0.717, 1.165) is 76.2 Å². The third-order valence-corrected chi connectivity index (χ3v) is 11.8. The van der Waals surface area contributed by atoms with Crippen molar-refractivity contribution in [3.8, 4) is 11.5 Å². The molecule has 6 fully saturated rings. The molecule has 1 amide bonds. The molecule has 2 saturated carbocycles. The molecule has 4 bridgehead atoms. The van der Waals surface area contributed by atoms with Crippen molar-refractivity contribution < 1.29 is 14.6 Å². The molecule has 39 heavy (non-hydrogen) atoms. The summed E-state index contributed by atoms with van der Waals surface area (Å²) in [4.78, 5) is 30.6. The maximum Gasteiger partial charge on any atom is 0.245 e. The minimum atomic E-state index is -0.222. The summed E-state index contributed by atoms with van der Waals surface area (Å²) in [6, 6.07) is 6.13. The third kappa shape index (κ3) is 2.86.